The van der Waals surface area contributed by atoms with Gasteiger partial charge in [0.25, 0.3) is 0 Å². The van der Waals surface area contributed by atoms with Gasteiger partial charge in [0.05, 0.1) is 37.2 Å². The first-order valence-electron chi connectivity index (χ1n) is 9.30. The number of carbonyl (C=O) groups excluding carboxylic acids is 1. The fourth-order valence-electron chi connectivity index (χ4n) is 2.84. The molecule has 0 aliphatic heterocycles. The minimum absolute atomic E-state index is 0.282. The number of rotatable bonds is 8. The van der Waals surface area contributed by atoms with E-state index in [0.29, 0.717) is 29.4 Å². The Labute approximate surface area is 164 Å². The molecule has 0 radical (unpaired) electrons. The number of pyridine rings is 1. The summed E-state index contributed by atoms with van der Waals surface area (Å²) in [6.07, 6.45) is 2.43. The van der Waals surface area contributed by atoms with Crippen LogP contribution >= 0.6 is 0 Å². The van der Waals surface area contributed by atoms with Crippen molar-refractivity contribution in [1.29, 1.82) is 0 Å². The molecule has 146 valence electrons. The van der Waals surface area contributed by atoms with Crippen molar-refractivity contribution >= 4 is 28.2 Å². The Kier molecular flexibility index (Phi) is 6.32. The van der Waals surface area contributed by atoms with Gasteiger partial charge in [-0.3, -0.25) is 4.98 Å². The Morgan fingerprint density at radius 1 is 1.14 bits per heavy atom. The second kappa shape index (κ2) is 9.08. The highest BCUT2D eigenvalue weighted by molar-refractivity contribution is 6.06. The first kappa shape index (κ1) is 19.5. The Hall–Kier alpha value is -3.28. The van der Waals surface area contributed by atoms with Crippen molar-refractivity contribution in [3.8, 4) is 11.5 Å². The molecule has 28 heavy (non-hydrogen) atoms. The first-order valence-corrected chi connectivity index (χ1v) is 9.30. The average Bonchev–Trinajstić information content (AvgIpc) is 2.73. The molecular weight excluding hydrogens is 356 g/mol. The number of para-hydroxylation sites is 2. The zero-order valence-electron chi connectivity index (χ0n) is 16.3. The number of nitrogens with one attached hydrogen (secondary N) is 1. The third kappa shape index (κ3) is 4.17. The standard InChI is InChI=1S/C22H24N2O4/c1-4-12-28-20-9-7-6-8-19(20)24-21-16-13-15(26-3)10-11-18(16)23-14-17(21)22(25)27-5-2/h6-11,13-14H,4-5,12H2,1-3H3,(H,23,24). The molecule has 0 unspecified atom stereocenters. The second-order valence-corrected chi connectivity index (χ2v) is 6.12. The number of hydrogen-bond acceptors (Lipinski definition) is 6. The van der Waals surface area contributed by atoms with Crippen molar-refractivity contribution in [3.63, 3.8) is 0 Å². The summed E-state index contributed by atoms with van der Waals surface area (Å²) in [5.74, 6) is 0.954. The van der Waals surface area contributed by atoms with Crippen molar-refractivity contribution in [2.75, 3.05) is 25.6 Å². The van der Waals surface area contributed by atoms with Crippen LogP contribution in [0, 0.1) is 0 Å². The van der Waals surface area contributed by atoms with E-state index in [1.54, 1.807) is 14.0 Å². The third-order valence-electron chi connectivity index (χ3n) is 4.18. The summed E-state index contributed by atoms with van der Waals surface area (Å²) in [5.41, 5.74) is 2.46. The number of hydrogen-bond donors (Lipinski definition) is 1. The summed E-state index contributed by atoms with van der Waals surface area (Å²) in [7, 11) is 1.60. The number of methoxy groups -OCH3 is 1. The molecule has 2 aromatic carbocycles. The van der Waals surface area contributed by atoms with E-state index in [2.05, 4.69) is 17.2 Å². The van der Waals surface area contributed by atoms with Crippen LogP contribution < -0.4 is 14.8 Å². The number of ether oxygens (including phenoxy) is 3. The molecule has 0 bridgehead atoms. The lowest BCUT2D eigenvalue weighted by molar-refractivity contribution is 0.0527. The van der Waals surface area contributed by atoms with Crippen LogP contribution in [0.3, 0.4) is 0 Å². The predicted molar refractivity (Wildman–Crippen MR) is 110 cm³/mol. The Morgan fingerprint density at radius 2 is 1.96 bits per heavy atom. The van der Waals surface area contributed by atoms with E-state index in [9.17, 15) is 4.79 Å². The van der Waals surface area contributed by atoms with E-state index in [0.717, 1.165) is 23.0 Å². The lowest BCUT2D eigenvalue weighted by atomic mass is 10.1. The molecule has 0 saturated heterocycles. The fraction of sp³-hybridized carbons (Fsp3) is 0.273. The van der Waals surface area contributed by atoms with Crippen LogP contribution in [0.5, 0.6) is 11.5 Å². The number of aromatic nitrogens is 1. The molecule has 1 heterocycles. The van der Waals surface area contributed by atoms with E-state index < -0.39 is 5.97 Å². The minimum atomic E-state index is -0.436. The third-order valence-corrected chi connectivity index (χ3v) is 4.18. The Balaban J connectivity index is 2.14. The summed E-state index contributed by atoms with van der Waals surface area (Å²) in [4.78, 5) is 17.0. The molecular formula is C22H24N2O4. The molecule has 3 aromatic rings. The van der Waals surface area contributed by atoms with Gasteiger partial charge >= 0.3 is 5.97 Å². The maximum atomic E-state index is 12.5. The van der Waals surface area contributed by atoms with E-state index in [-0.39, 0.29) is 6.61 Å². The zero-order valence-corrected chi connectivity index (χ0v) is 16.3. The monoisotopic (exact) mass is 380 g/mol. The van der Waals surface area contributed by atoms with Crippen LogP contribution in [0.15, 0.2) is 48.7 Å². The molecule has 0 aliphatic carbocycles. The van der Waals surface area contributed by atoms with Crippen LogP contribution in [-0.2, 0) is 4.74 Å². The SMILES string of the molecule is CCCOc1ccccc1Nc1c(C(=O)OCC)cnc2ccc(OC)cc12. The number of benzene rings is 2. The average molecular weight is 380 g/mol. The molecule has 1 aromatic heterocycles. The number of carbonyl (C=O) groups is 1. The fourth-order valence-corrected chi connectivity index (χ4v) is 2.84. The first-order chi connectivity index (χ1) is 13.7. The summed E-state index contributed by atoms with van der Waals surface area (Å²) in [6, 6.07) is 13.2. The number of nitrogens with zero attached hydrogens (tertiary/aromatic N) is 1. The number of fused-ring (bicyclic) bond motifs is 1. The lowest BCUT2D eigenvalue weighted by Gasteiger charge is -2.17. The van der Waals surface area contributed by atoms with E-state index in [1.165, 1.54) is 6.20 Å². The van der Waals surface area contributed by atoms with Crippen LogP contribution in [0.1, 0.15) is 30.6 Å². The van der Waals surface area contributed by atoms with Gasteiger partial charge in [-0.05, 0) is 43.7 Å². The second-order valence-electron chi connectivity index (χ2n) is 6.12. The molecule has 0 fully saturated rings. The molecule has 1 N–H and O–H groups in total. The highest BCUT2D eigenvalue weighted by Crippen LogP contribution is 2.35. The van der Waals surface area contributed by atoms with Crippen LogP contribution in [0.4, 0.5) is 11.4 Å². The van der Waals surface area contributed by atoms with E-state index >= 15 is 0 Å². The minimum Gasteiger partial charge on any atom is -0.497 e. The van der Waals surface area contributed by atoms with Crippen molar-refractivity contribution < 1.29 is 19.0 Å². The van der Waals surface area contributed by atoms with Crippen LogP contribution in [-0.4, -0.2) is 31.3 Å². The maximum Gasteiger partial charge on any atom is 0.341 e. The zero-order chi connectivity index (χ0) is 19.9. The van der Waals surface area contributed by atoms with Gasteiger partial charge in [0.15, 0.2) is 0 Å². The van der Waals surface area contributed by atoms with Gasteiger partial charge in [0.2, 0.25) is 0 Å². The molecule has 0 spiro atoms. The van der Waals surface area contributed by atoms with Gasteiger partial charge in [-0.2, -0.15) is 0 Å². The Morgan fingerprint density at radius 3 is 2.71 bits per heavy atom. The highest BCUT2D eigenvalue weighted by Gasteiger charge is 2.18. The summed E-state index contributed by atoms with van der Waals surface area (Å²) in [6.45, 7) is 4.72. The van der Waals surface area contributed by atoms with E-state index in [4.69, 9.17) is 14.2 Å². The molecule has 0 saturated carbocycles. The molecule has 6 heteroatoms. The maximum absolute atomic E-state index is 12.5. The largest absolute Gasteiger partial charge is 0.497 e. The number of anilines is 2. The van der Waals surface area contributed by atoms with Crippen molar-refractivity contribution in [2.24, 2.45) is 0 Å². The van der Waals surface area contributed by atoms with Gasteiger partial charge in [-0.15, -0.1) is 0 Å². The van der Waals surface area contributed by atoms with Crippen LogP contribution in [0.25, 0.3) is 10.9 Å². The summed E-state index contributed by atoms with van der Waals surface area (Å²) >= 11 is 0. The highest BCUT2D eigenvalue weighted by atomic mass is 16.5. The lowest BCUT2D eigenvalue weighted by Crippen LogP contribution is -2.10. The van der Waals surface area contributed by atoms with Gasteiger partial charge in [0, 0.05) is 11.6 Å². The van der Waals surface area contributed by atoms with Gasteiger partial charge in [0.1, 0.15) is 17.1 Å². The predicted octanol–water partition coefficient (Wildman–Crippen LogP) is 4.95. The smallest absolute Gasteiger partial charge is 0.341 e. The number of esters is 1. The Bertz CT molecular complexity index is 972. The van der Waals surface area contributed by atoms with E-state index in [1.807, 2.05) is 42.5 Å². The van der Waals surface area contributed by atoms with Crippen molar-refractivity contribution in [2.45, 2.75) is 20.3 Å². The molecule has 3 rings (SSSR count). The van der Waals surface area contributed by atoms with Gasteiger partial charge < -0.3 is 19.5 Å². The van der Waals surface area contributed by atoms with Crippen molar-refractivity contribution in [1.82, 2.24) is 4.98 Å². The normalized spacial score (nSPS) is 10.5. The summed E-state index contributed by atoms with van der Waals surface area (Å²) in [5, 5.41) is 4.12. The molecule has 6 nitrogen and oxygen atoms in total. The summed E-state index contributed by atoms with van der Waals surface area (Å²) < 4.78 is 16.4. The molecule has 0 atom stereocenters. The van der Waals surface area contributed by atoms with Crippen molar-refractivity contribution in [3.05, 3.63) is 54.2 Å². The van der Waals surface area contributed by atoms with Gasteiger partial charge in [-0.1, -0.05) is 19.1 Å². The topological polar surface area (TPSA) is 69.7 Å². The molecule has 0 aliphatic rings. The van der Waals surface area contributed by atoms with Crippen LogP contribution in [0.2, 0.25) is 0 Å². The van der Waals surface area contributed by atoms with Gasteiger partial charge in [-0.25, -0.2) is 4.79 Å². The quantitative estimate of drug-likeness (QED) is 0.558. The molecule has 0 amide bonds.